The second kappa shape index (κ2) is 2.99. The summed E-state index contributed by atoms with van der Waals surface area (Å²) in [5, 5.41) is 5.25. The highest BCUT2D eigenvalue weighted by atomic mass is 32.1. The summed E-state index contributed by atoms with van der Waals surface area (Å²) in [7, 11) is 0. The molecule has 1 aromatic heterocycles. The molecule has 1 fully saturated rings. The van der Waals surface area contributed by atoms with Gasteiger partial charge in [0.2, 0.25) is 0 Å². The molecule has 1 aromatic rings. The molecule has 1 unspecified atom stereocenters. The van der Waals surface area contributed by atoms with Crippen LogP contribution in [0.4, 0.5) is 0 Å². The van der Waals surface area contributed by atoms with Crippen molar-refractivity contribution in [3.8, 4) is 0 Å². The maximum absolute atomic E-state index is 11.4. The minimum atomic E-state index is -0.00926. The van der Waals surface area contributed by atoms with Crippen molar-refractivity contribution in [1.29, 1.82) is 0 Å². The van der Waals surface area contributed by atoms with Crippen molar-refractivity contribution in [3.63, 3.8) is 0 Å². The normalized spacial score (nSPS) is 23.4. The van der Waals surface area contributed by atoms with Crippen molar-refractivity contribution in [3.05, 3.63) is 21.9 Å². The van der Waals surface area contributed by atoms with Gasteiger partial charge in [0.1, 0.15) is 6.04 Å². The van der Waals surface area contributed by atoms with Gasteiger partial charge in [-0.2, -0.15) is 0 Å². The van der Waals surface area contributed by atoms with Gasteiger partial charge in [-0.15, -0.1) is 11.3 Å². The van der Waals surface area contributed by atoms with Gasteiger partial charge in [0.15, 0.2) is 5.78 Å². The SMILES string of the molecule is Cc1ccsc1C1NCCC1=O. The summed E-state index contributed by atoms with van der Waals surface area (Å²) >= 11 is 1.67. The predicted octanol–water partition coefficient (Wildman–Crippen LogP) is 1.66. The van der Waals surface area contributed by atoms with Crippen LogP contribution in [0.3, 0.4) is 0 Å². The zero-order valence-electron chi connectivity index (χ0n) is 6.96. The predicted molar refractivity (Wildman–Crippen MR) is 49.4 cm³/mol. The zero-order valence-corrected chi connectivity index (χ0v) is 7.78. The van der Waals surface area contributed by atoms with E-state index in [-0.39, 0.29) is 6.04 Å². The van der Waals surface area contributed by atoms with E-state index in [2.05, 4.69) is 18.3 Å². The van der Waals surface area contributed by atoms with Gasteiger partial charge in [0.25, 0.3) is 0 Å². The summed E-state index contributed by atoms with van der Waals surface area (Å²) in [5.41, 5.74) is 1.23. The van der Waals surface area contributed by atoms with E-state index in [0.717, 1.165) is 6.54 Å². The molecule has 0 radical (unpaired) electrons. The largest absolute Gasteiger partial charge is 0.303 e. The topological polar surface area (TPSA) is 29.1 Å². The first-order valence-electron chi connectivity index (χ1n) is 4.09. The van der Waals surface area contributed by atoms with Crippen molar-refractivity contribution in [2.75, 3.05) is 6.54 Å². The van der Waals surface area contributed by atoms with Crippen molar-refractivity contribution in [2.24, 2.45) is 0 Å². The van der Waals surface area contributed by atoms with Crippen LogP contribution >= 0.6 is 11.3 Å². The Hall–Kier alpha value is -0.670. The van der Waals surface area contributed by atoms with Crippen LogP contribution in [-0.4, -0.2) is 12.3 Å². The van der Waals surface area contributed by atoms with E-state index >= 15 is 0 Å². The van der Waals surface area contributed by atoms with Gasteiger partial charge in [-0.05, 0) is 23.9 Å². The minimum absolute atomic E-state index is 0.00926. The standard InChI is InChI=1S/C9H11NOS/c1-6-3-5-12-9(6)8-7(11)2-4-10-8/h3,5,8,10H,2,4H2,1H3. The van der Waals surface area contributed by atoms with Gasteiger partial charge in [0, 0.05) is 17.8 Å². The molecule has 0 spiro atoms. The van der Waals surface area contributed by atoms with Crippen molar-refractivity contribution in [2.45, 2.75) is 19.4 Å². The molecule has 1 aliphatic rings. The number of ketones is 1. The molecular formula is C9H11NOS. The molecule has 0 aromatic carbocycles. The Labute approximate surface area is 75.6 Å². The second-order valence-electron chi connectivity index (χ2n) is 3.07. The molecule has 1 saturated heterocycles. The third-order valence-electron chi connectivity index (χ3n) is 2.21. The quantitative estimate of drug-likeness (QED) is 0.714. The Morgan fingerprint density at radius 2 is 2.50 bits per heavy atom. The van der Waals surface area contributed by atoms with E-state index in [9.17, 15) is 4.79 Å². The lowest BCUT2D eigenvalue weighted by atomic mass is 10.1. The van der Waals surface area contributed by atoms with Gasteiger partial charge in [0.05, 0.1) is 0 Å². The van der Waals surface area contributed by atoms with E-state index < -0.39 is 0 Å². The van der Waals surface area contributed by atoms with Crippen LogP contribution in [0, 0.1) is 6.92 Å². The van der Waals surface area contributed by atoms with E-state index in [4.69, 9.17) is 0 Å². The molecule has 12 heavy (non-hydrogen) atoms. The van der Waals surface area contributed by atoms with Gasteiger partial charge in [-0.3, -0.25) is 4.79 Å². The zero-order chi connectivity index (χ0) is 8.55. The van der Waals surface area contributed by atoms with E-state index in [1.807, 2.05) is 5.38 Å². The van der Waals surface area contributed by atoms with Crippen LogP contribution < -0.4 is 5.32 Å². The molecule has 1 aliphatic heterocycles. The fraction of sp³-hybridized carbons (Fsp3) is 0.444. The van der Waals surface area contributed by atoms with Crippen molar-refractivity contribution < 1.29 is 4.79 Å². The first kappa shape index (κ1) is 7.95. The number of Topliss-reactive ketones (excluding diaryl/α,β-unsaturated/α-hetero) is 1. The second-order valence-corrected chi connectivity index (χ2v) is 4.02. The van der Waals surface area contributed by atoms with Crippen LogP contribution in [0.1, 0.15) is 22.9 Å². The number of carbonyl (C=O) groups is 1. The summed E-state index contributed by atoms with van der Waals surface area (Å²) in [6, 6.07) is 2.05. The first-order chi connectivity index (χ1) is 5.79. The Morgan fingerprint density at radius 1 is 1.67 bits per heavy atom. The van der Waals surface area contributed by atoms with E-state index in [0.29, 0.717) is 12.2 Å². The molecule has 1 N–H and O–H groups in total. The van der Waals surface area contributed by atoms with Crippen LogP contribution in [0.15, 0.2) is 11.4 Å². The molecule has 0 aliphatic carbocycles. The monoisotopic (exact) mass is 181 g/mol. The number of thiophene rings is 1. The highest BCUT2D eigenvalue weighted by Crippen LogP contribution is 2.27. The van der Waals surface area contributed by atoms with Crippen LogP contribution in [0.25, 0.3) is 0 Å². The van der Waals surface area contributed by atoms with Gasteiger partial charge >= 0.3 is 0 Å². The van der Waals surface area contributed by atoms with Gasteiger partial charge < -0.3 is 5.32 Å². The summed E-state index contributed by atoms with van der Waals surface area (Å²) in [6.07, 6.45) is 0.683. The molecule has 2 rings (SSSR count). The van der Waals surface area contributed by atoms with Gasteiger partial charge in [-0.1, -0.05) is 0 Å². The lowest BCUT2D eigenvalue weighted by Crippen LogP contribution is -2.16. The molecular weight excluding hydrogens is 170 g/mol. The highest BCUT2D eigenvalue weighted by Gasteiger charge is 2.27. The molecule has 0 amide bonds. The molecule has 1 atom stereocenters. The maximum Gasteiger partial charge on any atom is 0.156 e. The maximum atomic E-state index is 11.4. The lowest BCUT2D eigenvalue weighted by molar-refractivity contribution is -0.118. The molecule has 2 nitrogen and oxygen atoms in total. The first-order valence-corrected chi connectivity index (χ1v) is 4.97. The summed E-state index contributed by atoms with van der Waals surface area (Å²) in [6.45, 7) is 2.89. The molecule has 0 bridgehead atoms. The Kier molecular flexibility index (Phi) is 1.98. The number of carbonyl (C=O) groups excluding carboxylic acids is 1. The van der Waals surface area contributed by atoms with E-state index in [1.165, 1.54) is 10.4 Å². The number of hydrogen-bond acceptors (Lipinski definition) is 3. The smallest absolute Gasteiger partial charge is 0.156 e. The fourth-order valence-corrected chi connectivity index (χ4v) is 2.54. The summed E-state index contributed by atoms with van der Waals surface area (Å²) in [4.78, 5) is 12.6. The van der Waals surface area contributed by atoms with Gasteiger partial charge in [-0.25, -0.2) is 0 Å². The third kappa shape index (κ3) is 1.19. The van der Waals surface area contributed by atoms with Crippen molar-refractivity contribution >= 4 is 17.1 Å². The average Bonchev–Trinajstić information content (AvgIpc) is 2.59. The number of nitrogens with one attached hydrogen (secondary N) is 1. The fourth-order valence-electron chi connectivity index (χ4n) is 1.52. The summed E-state index contributed by atoms with van der Waals surface area (Å²) < 4.78 is 0. The Balaban J connectivity index is 2.30. The number of aryl methyl sites for hydroxylation is 1. The number of hydrogen-bond donors (Lipinski definition) is 1. The Morgan fingerprint density at radius 3 is 3.00 bits per heavy atom. The van der Waals surface area contributed by atoms with Crippen molar-refractivity contribution in [1.82, 2.24) is 5.32 Å². The summed E-state index contributed by atoms with van der Waals surface area (Å²) in [5.74, 6) is 0.334. The average molecular weight is 181 g/mol. The van der Waals surface area contributed by atoms with Crippen LogP contribution in [0.2, 0.25) is 0 Å². The molecule has 2 heterocycles. The highest BCUT2D eigenvalue weighted by molar-refractivity contribution is 7.10. The van der Waals surface area contributed by atoms with E-state index in [1.54, 1.807) is 11.3 Å². The minimum Gasteiger partial charge on any atom is -0.303 e. The van der Waals surface area contributed by atoms with Crippen LogP contribution in [-0.2, 0) is 4.79 Å². The molecule has 3 heteroatoms. The lowest BCUT2D eigenvalue weighted by Gasteiger charge is -2.06. The molecule has 64 valence electrons. The Bertz CT molecular complexity index is 305. The van der Waals surface area contributed by atoms with Crippen LogP contribution in [0.5, 0.6) is 0 Å². The molecule has 0 saturated carbocycles. The number of rotatable bonds is 1. The third-order valence-corrected chi connectivity index (χ3v) is 3.29.